The van der Waals surface area contributed by atoms with E-state index in [2.05, 4.69) is 20.2 Å². The summed E-state index contributed by atoms with van der Waals surface area (Å²) in [6.07, 6.45) is 4.62. The summed E-state index contributed by atoms with van der Waals surface area (Å²) in [5.41, 5.74) is 0. The lowest BCUT2D eigenvalue weighted by atomic mass is 11.3. The Hall–Kier alpha value is -1.53. The lowest BCUT2D eigenvalue weighted by Crippen LogP contribution is -2.06. The quantitative estimate of drug-likeness (QED) is 0.647. The highest BCUT2D eigenvalue weighted by Gasteiger charge is 2.25. The molecule has 8 nitrogen and oxygen atoms in total. The molecule has 2 rings (SSSR count). The zero-order chi connectivity index (χ0) is 9.31. The highest BCUT2D eigenvalue weighted by atomic mass is 31.2. The molecule has 2 aromatic rings. The van der Waals surface area contributed by atoms with Crippen molar-refractivity contribution in [2.45, 2.75) is 0 Å². The van der Waals surface area contributed by atoms with Gasteiger partial charge in [-0.25, -0.2) is 14.5 Å². The van der Waals surface area contributed by atoms with Crippen LogP contribution in [0.25, 0.3) is 0 Å². The Morgan fingerprint density at radius 2 is 1.54 bits per heavy atom. The average Bonchev–Trinajstić information content (AvgIpc) is 2.78. The van der Waals surface area contributed by atoms with Crippen molar-refractivity contribution in [3.63, 3.8) is 0 Å². The zero-order valence-corrected chi connectivity index (χ0v) is 7.19. The molecule has 0 unspecified atom stereocenters. The molecule has 0 aliphatic rings. The Morgan fingerprint density at radius 1 is 1.08 bits per heavy atom. The maximum Gasteiger partial charge on any atom is 0.436 e. The van der Waals surface area contributed by atoms with Gasteiger partial charge in [-0.3, -0.25) is 0 Å². The Morgan fingerprint density at radius 3 is 1.85 bits per heavy atom. The van der Waals surface area contributed by atoms with Crippen molar-refractivity contribution in [1.29, 1.82) is 0 Å². The van der Waals surface area contributed by atoms with Crippen LogP contribution < -0.4 is 0 Å². The minimum absolute atomic E-state index is 0.835. The second kappa shape index (κ2) is 2.75. The fourth-order valence-electron chi connectivity index (χ4n) is 0.767. The molecule has 0 amide bonds. The second-order valence-corrected chi connectivity index (χ2v) is 3.99. The second-order valence-electron chi connectivity index (χ2n) is 2.15. The first-order chi connectivity index (χ1) is 6.21. The van der Waals surface area contributed by atoms with Crippen molar-refractivity contribution in [1.82, 2.24) is 29.1 Å². The molecule has 13 heavy (non-hydrogen) atoms. The van der Waals surface area contributed by atoms with Gasteiger partial charge in [0.2, 0.25) is 0 Å². The van der Waals surface area contributed by atoms with Gasteiger partial charge in [0.15, 0.2) is 0 Å². The summed E-state index contributed by atoms with van der Waals surface area (Å²) in [4.78, 5) is 16.6. The summed E-state index contributed by atoms with van der Waals surface area (Å²) >= 11 is 0. The number of rotatable bonds is 2. The van der Waals surface area contributed by atoms with Gasteiger partial charge in [0.25, 0.3) is 0 Å². The molecule has 0 spiro atoms. The van der Waals surface area contributed by atoms with Crippen molar-refractivity contribution in [2.75, 3.05) is 0 Å². The summed E-state index contributed by atoms with van der Waals surface area (Å²) in [5.74, 6) is 0. The van der Waals surface area contributed by atoms with Crippen LogP contribution in [0, 0.1) is 0 Å². The molecule has 0 aromatic carbocycles. The lowest BCUT2D eigenvalue weighted by Gasteiger charge is -2.08. The Labute approximate surface area is 72.4 Å². The molecule has 0 bridgehead atoms. The van der Waals surface area contributed by atoms with Gasteiger partial charge in [-0.05, 0) is 0 Å². The number of hydrogen-bond donors (Lipinski definition) is 1. The summed E-state index contributed by atoms with van der Waals surface area (Å²) < 4.78 is 13.3. The van der Waals surface area contributed by atoms with Crippen molar-refractivity contribution >= 4 is 7.67 Å². The van der Waals surface area contributed by atoms with Crippen molar-refractivity contribution in [2.24, 2.45) is 0 Å². The summed E-state index contributed by atoms with van der Waals surface area (Å²) in [5, 5.41) is 7.10. The van der Waals surface area contributed by atoms with E-state index < -0.39 is 7.67 Å². The summed E-state index contributed by atoms with van der Waals surface area (Å²) in [7, 11) is -3.82. The van der Waals surface area contributed by atoms with E-state index in [1.165, 1.54) is 12.7 Å². The maximum absolute atomic E-state index is 11.6. The van der Waals surface area contributed by atoms with E-state index in [0.717, 1.165) is 21.6 Å². The first kappa shape index (κ1) is 8.09. The number of nitrogens with zero attached hydrogens (tertiary/aromatic N) is 6. The van der Waals surface area contributed by atoms with Gasteiger partial charge in [-0.2, -0.15) is 19.1 Å². The standard InChI is InChI=1S/C4H5N6O2P/c11-13(12,9-3-5-1-7-9)10-4-6-2-8-10/h1-4H,(H,11,12). The third-order valence-corrected chi connectivity index (χ3v) is 2.83. The van der Waals surface area contributed by atoms with E-state index in [9.17, 15) is 9.46 Å². The maximum atomic E-state index is 11.6. The van der Waals surface area contributed by atoms with Gasteiger partial charge in [0, 0.05) is 0 Å². The largest absolute Gasteiger partial charge is 0.436 e. The van der Waals surface area contributed by atoms with Gasteiger partial charge in [-0.15, -0.1) is 0 Å². The van der Waals surface area contributed by atoms with Gasteiger partial charge in [-0.1, -0.05) is 0 Å². The fraction of sp³-hybridized carbons (Fsp3) is 0. The van der Waals surface area contributed by atoms with E-state index in [1.807, 2.05) is 0 Å². The molecule has 0 radical (unpaired) electrons. The highest BCUT2D eigenvalue weighted by molar-refractivity contribution is 7.54. The smallest absolute Gasteiger partial charge is 0.311 e. The molecule has 0 fully saturated rings. The highest BCUT2D eigenvalue weighted by Crippen LogP contribution is 2.40. The SMILES string of the molecule is O=P(O)(n1cncn1)n1cncn1. The van der Waals surface area contributed by atoms with Crippen molar-refractivity contribution in [3.8, 4) is 0 Å². The van der Waals surface area contributed by atoms with Crippen molar-refractivity contribution < 1.29 is 9.46 Å². The van der Waals surface area contributed by atoms with Crippen LogP contribution in [0.15, 0.2) is 25.3 Å². The molecule has 68 valence electrons. The Balaban J connectivity index is 2.49. The van der Waals surface area contributed by atoms with Crippen LogP contribution in [0.2, 0.25) is 0 Å². The topological polar surface area (TPSA) is 98.7 Å². The first-order valence-corrected chi connectivity index (χ1v) is 4.81. The molecule has 0 saturated carbocycles. The lowest BCUT2D eigenvalue weighted by molar-refractivity contribution is 0.442. The molecule has 0 saturated heterocycles. The molecular formula is C4H5N6O2P. The zero-order valence-electron chi connectivity index (χ0n) is 6.30. The molecule has 2 heterocycles. The van der Waals surface area contributed by atoms with Crippen LogP contribution in [0.5, 0.6) is 0 Å². The van der Waals surface area contributed by atoms with Gasteiger partial charge >= 0.3 is 7.67 Å². The number of aromatic nitrogens is 6. The third-order valence-electron chi connectivity index (χ3n) is 1.35. The summed E-state index contributed by atoms with van der Waals surface area (Å²) in [6.45, 7) is 0. The van der Waals surface area contributed by atoms with Gasteiger partial charge in [0.05, 0.1) is 0 Å². The van der Waals surface area contributed by atoms with Crippen LogP contribution in [0.1, 0.15) is 0 Å². The number of hydrogen-bond acceptors (Lipinski definition) is 5. The predicted octanol–water partition coefficient (Wildman–Crippen LogP) is -0.634. The van der Waals surface area contributed by atoms with Crippen molar-refractivity contribution in [3.05, 3.63) is 25.3 Å². The predicted molar refractivity (Wildman–Crippen MR) is 40.7 cm³/mol. The van der Waals surface area contributed by atoms with Crippen LogP contribution in [-0.2, 0) is 4.57 Å². The molecule has 0 aliphatic heterocycles. The van der Waals surface area contributed by atoms with Crippen LogP contribution in [0.3, 0.4) is 0 Å². The van der Waals surface area contributed by atoms with E-state index in [4.69, 9.17) is 0 Å². The normalized spacial score (nSPS) is 11.8. The third kappa shape index (κ3) is 1.25. The van der Waals surface area contributed by atoms with Gasteiger partial charge in [0.1, 0.15) is 25.3 Å². The molecule has 2 aromatic heterocycles. The first-order valence-electron chi connectivity index (χ1n) is 3.25. The van der Waals surface area contributed by atoms with Crippen LogP contribution in [0.4, 0.5) is 0 Å². The van der Waals surface area contributed by atoms with Crippen LogP contribution in [-0.4, -0.2) is 34.0 Å². The van der Waals surface area contributed by atoms with E-state index in [0.29, 0.717) is 0 Å². The fourth-order valence-corrected chi connectivity index (χ4v) is 1.70. The van der Waals surface area contributed by atoms with Crippen LogP contribution >= 0.6 is 7.67 Å². The molecular weight excluding hydrogens is 195 g/mol. The Bertz CT molecular complexity index is 383. The molecule has 0 atom stereocenters. The summed E-state index contributed by atoms with van der Waals surface area (Å²) in [6, 6.07) is 0. The minimum Gasteiger partial charge on any atom is -0.311 e. The average molecular weight is 200 g/mol. The Kier molecular flexibility index (Phi) is 1.71. The monoisotopic (exact) mass is 200 g/mol. The van der Waals surface area contributed by atoms with E-state index in [1.54, 1.807) is 0 Å². The molecule has 1 N–H and O–H groups in total. The molecule has 0 aliphatic carbocycles. The van der Waals surface area contributed by atoms with E-state index in [-0.39, 0.29) is 0 Å². The minimum atomic E-state index is -3.82. The van der Waals surface area contributed by atoms with Gasteiger partial charge < -0.3 is 4.89 Å². The van der Waals surface area contributed by atoms with E-state index >= 15 is 0 Å². The molecule has 9 heteroatoms.